The van der Waals surface area contributed by atoms with Gasteiger partial charge < -0.3 is 4.98 Å². The molecule has 2 aromatic heterocycles. The number of halogens is 1. The van der Waals surface area contributed by atoms with Gasteiger partial charge in [0.1, 0.15) is 17.2 Å². The Labute approximate surface area is 124 Å². The highest BCUT2D eigenvalue weighted by Gasteiger charge is 2.12. The average molecular weight is 300 g/mol. The first-order valence-corrected chi connectivity index (χ1v) is 6.57. The highest BCUT2D eigenvalue weighted by Crippen LogP contribution is 2.10. The van der Waals surface area contributed by atoms with Crippen LogP contribution in [0.3, 0.4) is 0 Å². The minimum absolute atomic E-state index is 0.253. The van der Waals surface area contributed by atoms with Gasteiger partial charge in [-0.05, 0) is 23.8 Å². The third kappa shape index (κ3) is 2.26. The second-order valence-electron chi connectivity index (χ2n) is 4.91. The van der Waals surface area contributed by atoms with E-state index in [-0.39, 0.29) is 17.0 Å². The first-order chi connectivity index (χ1) is 10.5. The van der Waals surface area contributed by atoms with E-state index >= 15 is 0 Å². The highest BCUT2D eigenvalue weighted by atomic mass is 19.1. The summed E-state index contributed by atoms with van der Waals surface area (Å²) in [5.74, 6) is 0.0839. The second kappa shape index (κ2) is 5.10. The van der Waals surface area contributed by atoms with E-state index in [1.54, 1.807) is 31.3 Å². The van der Waals surface area contributed by atoms with Crippen molar-refractivity contribution in [1.29, 1.82) is 0 Å². The SMILES string of the molecule is Cn1c(=O)c2[nH]c(/C=C/c3cccc(F)c3)nc2n(C)c1=O. The maximum absolute atomic E-state index is 13.1. The van der Waals surface area contributed by atoms with E-state index in [0.29, 0.717) is 11.4 Å². The van der Waals surface area contributed by atoms with Crippen molar-refractivity contribution in [1.82, 2.24) is 19.1 Å². The second-order valence-corrected chi connectivity index (χ2v) is 4.91. The Morgan fingerprint density at radius 1 is 1.18 bits per heavy atom. The number of nitrogens with one attached hydrogen (secondary N) is 1. The van der Waals surface area contributed by atoms with Gasteiger partial charge in [-0.3, -0.25) is 13.9 Å². The maximum Gasteiger partial charge on any atom is 0.332 e. The van der Waals surface area contributed by atoms with E-state index in [4.69, 9.17) is 0 Å². The van der Waals surface area contributed by atoms with Crippen LogP contribution in [0.25, 0.3) is 23.3 Å². The predicted molar refractivity (Wildman–Crippen MR) is 81.9 cm³/mol. The third-order valence-electron chi connectivity index (χ3n) is 3.40. The van der Waals surface area contributed by atoms with Crippen LogP contribution < -0.4 is 11.2 Å². The van der Waals surface area contributed by atoms with Gasteiger partial charge in [0.05, 0.1) is 0 Å². The number of aromatic amines is 1. The van der Waals surface area contributed by atoms with Crippen LogP contribution in [0.4, 0.5) is 4.39 Å². The summed E-state index contributed by atoms with van der Waals surface area (Å²) in [6.45, 7) is 0. The van der Waals surface area contributed by atoms with Gasteiger partial charge in [-0.25, -0.2) is 14.2 Å². The smallest absolute Gasteiger partial charge is 0.332 e. The zero-order chi connectivity index (χ0) is 15.9. The molecule has 0 fully saturated rings. The molecule has 7 heteroatoms. The van der Waals surface area contributed by atoms with Crippen LogP contribution in [0.15, 0.2) is 33.9 Å². The molecule has 0 bridgehead atoms. The molecule has 0 aliphatic heterocycles. The zero-order valence-electron chi connectivity index (χ0n) is 12.0. The summed E-state index contributed by atoms with van der Waals surface area (Å²) in [6, 6.07) is 6.09. The van der Waals surface area contributed by atoms with Gasteiger partial charge in [0.2, 0.25) is 0 Å². The molecule has 0 unspecified atom stereocenters. The number of fused-ring (bicyclic) bond motifs is 1. The molecule has 0 spiro atoms. The molecule has 0 amide bonds. The van der Waals surface area contributed by atoms with Crippen molar-refractivity contribution >= 4 is 23.3 Å². The van der Waals surface area contributed by atoms with E-state index in [9.17, 15) is 14.0 Å². The molecule has 1 N–H and O–H groups in total. The van der Waals surface area contributed by atoms with Crippen LogP contribution >= 0.6 is 0 Å². The molecule has 0 aliphatic carbocycles. The Balaban J connectivity index is 2.10. The molecule has 3 rings (SSSR count). The number of hydrogen-bond acceptors (Lipinski definition) is 3. The summed E-state index contributed by atoms with van der Waals surface area (Å²) in [7, 11) is 2.96. The van der Waals surface area contributed by atoms with E-state index in [2.05, 4.69) is 9.97 Å². The number of aromatic nitrogens is 4. The van der Waals surface area contributed by atoms with E-state index in [0.717, 1.165) is 4.57 Å². The number of nitrogens with zero attached hydrogens (tertiary/aromatic N) is 3. The number of H-pyrrole nitrogens is 1. The molecular weight excluding hydrogens is 287 g/mol. The van der Waals surface area contributed by atoms with Crippen molar-refractivity contribution in [2.75, 3.05) is 0 Å². The molecule has 2 heterocycles. The number of imidazole rings is 1. The molecule has 112 valence electrons. The summed E-state index contributed by atoms with van der Waals surface area (Å²) < 4.78 is 15.4. The Hall–Kier alpha value is -2.96. The van der Waals surface area contributed by atoms with E-state index in [1.165, 1.54) is 23.7 Å². The molecule has 0 radical (unpaired) electrons. The molecule has 0 saturated heterocycles. The largest absolute Gasteiger partial charge is 0.333 e. The van der Waals surface area contributed by atoms with Gasteiger partial charge in [0, 0.05) is 14.1 Å². The third-order valence-corrected chi connectivity index (χ3v) is 3.40. The monoisotopic (exact) mass is 300 g/mol. The van der Waals surface area contributed by atoms with Gasteiger partial charge in [0.15, 0.2) is 5.65 Å². The lowest BCUT2D eigenvalue weighted by Crippen LogP contribution is -2.36. The molecule has 0 atom stereocenters. The average Bonchev–Trinajstić information content (AvgIpc) is 2.93. The minimum atomic E-state index is -0.440. The van der Waals surface area contributed by atoms with Crippen molar-refractivity contribution in [3.05, 3.63) is 62.3 Å². The summed E-state index contributed by atoms with van der Waals surface area (Å²) in [5.41, 5.74) is 0.332. The number of aryl methyl sites for hydroxylation is 1. The summed E-state index contributed by atoms with van der Waals surface area (Å²) in [5, 5.41) is 0. The van der Waals surface area contributed by atoms with Gasteiger partial charge >= 0.3 is 5.69 Å². The lowest BCUT2D eigenvalue weighted by molar-refractivity contribution is 0.627. The lowest BCUT2D eigenvalue weighted by atomic mass is 10.2. The molecule has 3 aromatic rings. The van der Waals surface area contributed by atoms with Gasteiger partial charge in [-0.2, -0.15) is 0 Å². The first kappa shape index (κ1) is 14.0. The Bertz CT molecular complexity index is 1010. The normalized spacial score (nSPS) is 11.6. The van der Waals surface area contributed by atoms with Crippen molar-refractivity contribution in [3.63, 3.8) is 0 Å². The summed E-state index contributed by atoms with van der Waals surface area (Å²) in [4.78, 5) is 31.0. The lowest BCUT2D eigenvalue weighted by Gasteiger charge is -2.00. The quantitative estimate of drug-likeness (QED) is 0.774. The van der Waals surface area contributed by atoms with Crippen LogP contribution in [0.5, 0.6) is 0 Å². The van der Waals surface area contributed by atoms with Gasteiger partial charge in [-0.1, -0.05) is 18.2 Å². The predicted octanol–water partition coefficient (Wildman–Crippen LogP) is 1.27. The van der Waals surface area contributed by atoms with Crippen LogP contribution in [-0.4, -0.2) is 19.1 Å². The number of benzene rings is 1. The summed E-state index contributed by atoms with van der Waals surface area (Å²) >= 11 is 0. The van der Waals surface area contributed by atoms with Gasteiger partial charge in [0.25, 0.3) is 5.56 Å². The van der Waals surface area contributed by atoms with Crippen LogP contribution in [0, 0.1) is 5.82 Å². The highest BCUT2D eigenvalue weighted by molar-refractivity contribution is 5.75. The fourth-order valence-electron chi connectivity index (χ4n) is 2.21. The molecule has 0 saturated carbocycles. The van der Waals surface area contributed by atoms with Crippen molar-refractivity contribution in [2.45, 2.75) is 0 Å². The summed E-state index contributed by atoms with van der Waals surface area (Å²) in [6.07, 6.45) is 3.29. The Morgan fingerprint density at radius 2 is 1.95 bits per heavy atom. The van der Waals surface area contributed by atoms with E-state index in [1.807, 2.05) is 0 Å². The van der Waals surface area contributed by atoms with Crippen LogP contribution in [0.1, 0.15) is 11.4 Å². The Kier molecular flexibility index (Phi) is 3.25. The fourth-order valence-corrected chi connectivity index (χ4v) is 2.21. The minimum Gasteiger partial charge on any atom is -0.333 e. The Morgan fingerprint density at radius 3 is 2.68 bits per heavy atom. The molecular formula is C15H13FN4O2. The first-order valence-electron chi connectivity index (χ1n) is 6.57. The standard InChI is InChI=1S/C15H13FN4O2/c1-19-13-12(14(21)20(2)15(19)22)17-11(18-13)7-6-9-4-3-5-10(16)8-9/h3-8H,1-2H3,(H,17,18)/b7-6+. The van der Waals surface area contributed by atoms with Crippen LogP contribution in [0.2, 0.25) is 0 Å². The van der Waals surface area contributed by atoms with Crippen molar-refractivity contribution < 1.29 is 4.39 Å². The van der Waals surface area contributed by atoms with Crippen LogP contribution in [-0.2, 0) is 14.1 Å². The molecule has 6 nitrogen and oxygen atoms in total. The maximum atomic E-state index is 13.1. The van der Waals surface area contributed by atoms with Crippen molar-refractivity contribution in [3.8, 4) is 0 Å². The van der Waals surface area contributed by atoms with Crippen molar-refractivity contribution in [2.24, 2.45) is 14.1 Å². The molecule has 1 aromatic carbocycles. The zero-order valence-corrected chi connectivity index (χ0v) is 12.0. The van der Waals surface area contributed by atoms with E-state index < -0.39 is 11.2 Å². The number of rotatable bonds is 2. The number of hydrogen-bond donors (Lipinski definition) is 1. The molecule has 22 heavy (non-hydrogen) atoms. The van der Waals surface area contributed by atoms with Gasteiger partial charge in [-0.15, -0.1) is 0 Å². The molecule has 0 aliphatic rings. The fraction of sp³-hybridized carbons (Fsp3) is 0.133. The topological polar surface area (TPSA) is 72.7 Å².